The largest absolute Gasteiger partial charge is 0.493 e. The first-order chi connectivity index (χ1) is 12.5. The fourth-order valence-corrected chi connectivity index (χ4v) is 3.34. The zero-order valence-electron chi connectivity index (χ0n) is 13.9. The third-order valence-corrected chi connectivity index (χ3v) is 4.58. The summed E-state index contributed by atoms with van der Waals surface area (Å²) in [6, 6.07) is 10.4. The van der Waals surface area contributed by atoms with Crippen molar-refractivity contribution < 1.29 is 23.8 Å². The number of carboxylic acids is 1. The van der Waals surface area contributed by atoms with Crippen LogP contribution in [0, 0.1) is 0 Å². The number of rotatable bonds is 6. The molecule has 0 spiro atoms. The molecule has 1 N–H and O–H groups in total. The highest BCUT2D eigenvalue weighted by Crippen LogP contribution is 2.38. The van der Waals surface area contributed by atoms with Crippen LogP contribution in [0.15, 0.2) is 50.9 Å². The highest BCUT2D eigenvalue weighted by atomic mass is 35.5. The number of aromatic nitrogens is 1. The van der Waals surface area contributed by atoms with Gasteiger partial charge in [0.15, 0.2) is 17.1 Å². The lowest BCUT2D eigenvalue weighted by Gasteiger charge is -2.10. The highest BCUT2D eigenvalue weighted by Gasteiger charge is 2.16. The Balaban J connectivity index is 1.97. The van der Waals surface area contributed by atoms with E-state index in [4.69, 9.17) is 25.5 Å². The van der Waals surface area contributed by atoms with Crippen LogP contribution in [0.25, 0.3) is 17.2 Å². The minimum Gasteiger partial charge on any atom is -0.493 e. The van der Waals surface area contributed by atoms with Crippen LogP contribution in [0.5, 0.6) is 11.5 Å². The Morgan fingerprint density at radius 3 is 2.69 bits per heavy atom. The molecule has 26 heavy (non-hydrogen) atoms. The molecule has 0 bridgehead atoms. The van der Waals surface area contributed by atoms with Gasteiger partial charge in [-0.1, -0.05) is 23.7 Å². The van der Waals surface area contributed by atoms with Crippen molar-refractivity contribution >= 4 is 46.5 Å². The zero-order valence-corrected chi connectivity index (χ0v) is 15.4. The van der Waals surface area contributed by atoms with Crippen LogP contribution in [0.3, 0.4) is 0 Å². The zero-order chi connectivity index (χ0) is 18.7. The predicted molar refractivity (Wildman–Crippen MR) is 100 cm³/mol. The summed E-state index contributed by atoms with van der Waals surface area (Å²) in [6.45, 7) is 0. The van der Waals surface area contributed by atoms with E-state index in [0.717, 1.165) is 11.8 Å². The smallest absolute Gasteiger partial charge is 0.342 e. The monoisotopic (exact) mass is 391 g/mol. The fourth-order valence-electron chi connectivity index (χ4n) is 2.30. The molecule has 0 saturated carbocycles. The molecule has 3 aromatic rings. The molecule has 0 saturated heterocycles. The summed E-state index contributed by atoms with van der Waals surface area (Å²) in [4.78, 5) is 15.9. The van der Waals surface area contributed by atoms with Gasteiger partial charge in [0.25, 0.3) is 5.22 Å². The minimum atomic E-state index is -1.11. The number of ether oxygens (including phenoxy) is 2. The number of methoxy groups -OCH3 is 2. The Kier molecular flexibility index (Phi) is 5.39. The van der Waals surface area contributed by atoms with Crippen LogP contribution in [0.1, 0.15) is 5.56 Å². The van der Waals surface area contributed by atoms with Crippen LogP contribution in [-0.4, -0.2) is 30.3 Å². The van der Waals surface area contributed by atoms with Gasteiger partial charge in [0.1, 0.15) is 10.4 Å². The molecule has 1 aromatic heterocycles. The summed E-state index contributed by atoms with van der Waals surface area (Å²) in [5.74, 6) is -0.319. The second-order valence-corrected chi connectivity index (χ2v) is 6.50. The number of fused-ring (bicyclic) bond motifs is 1. The van der Waals surface area contributed by atoms with E-state index in [-0.39, 0.29) is 10.1 Å². The summed E-state index contributed by atoms with van der Waals surface area (Å²) in [6.07, 6.45) is 1.47. The van der Waals surface area contributed by atoms with Crippen molar-refractivity contribution in [2.24, 2.45) is 0 Å². The molecule has 0 unspecified atom stereocenters. The molecule has 0 radical (unpaired) electrons. The molecule has 0 atom stereocenters. The second-order valence-electron chi connectivity index (χ2n) is 5.10. The standard InChI is InChI=1S/C18H14ClNO5S/c1-23-14-8-10(7-11(19)16(14)24-2)9-15(17(21)22)26-18-20-12-5-3-4-6-13(12)25-18/h3-9H,1-2H3,(H,21,22)/b15-9-. The lowest BCUT2D eigenvalue weighted by Crippen LogP contribution is -1.97. The molecule has 2 aromatic carbocycles. The number of carbonyl (C=O) groups is 1. The van der Waals surface area contributed by atoms with Crippen molar-refractivity contribution in [1.29, 1.82) is 0 Å². The van der Waals surface area contributed by atoms with Gasteiger partial charge in [-0.15, -0.1) is 0 Å². The lowest BCUT2D eigenvalue weighted by molar-refractivity contribution is -0.131. The minimum absolute atomic E-state index is 0.0276. The maximum absolute atomic E-state index is 11.6. The number of carboxylic acid groups (broad SMARTS) is 1. The van der Waals surface area contributed by atoms with Crippen LogP contribution < -0.4 is 9.47 Å². The maximum Gasteiger partial charge on any atom is 0.342 e. The number of para-hydroxylation sites is 2. The van der Waals surface area contributed by atoms with Crippen molar-refractivity contribution in [2.45, 2.75) is 5.22 Å². The highest BCUT2D eigenvalue weighted by molar-refractivity contribution is 8.03. The van der Waals surface area contributed by atoms with E-state index >= 15 is 0 Å². The second kappa shape index (κ2) is 7.72. The number of nitrogens with zero attached hydrogens (tertiary/aromatic N) is 1. The van der Waals surface area contributed by atoms with Gasteiger partial charge >= 0.3 is 5.97 Å². The first-order valence-corrected chi connectivity index (χ1v) is 8.61. The van der Waals surface area contributed by atoms with E-state index in [1.165, 1.54) is 20.3 Å². The molecule has 0 aliphatic carbocycles. The summed E-state index contributed by atoms with van der Waals surface area (Å²) in [5.41, 5.74) is 1.80. The summed E-state index contributed by atoms with van der Waals surface area (Å²) >= 11 is 7.09. The van der Waals surface area contributed by atoms with Crippen molar-refractivity contribution in [2.75, 3.05) is 14.2 Å². The first kappa shape index (κ1) is 18.2. The predicted octanol–water partition coefficient (Wildman–Crippen LogP) is 4.72. The van der Waals surface area contributed by atoms with Gasteiger partial charge in [0.2, 0.25) is 0 Å². The SMILES string of the molecule is COc1cc(/C=C(\Sc2nc3ccccc3o2)C(=O)O)cc(Cl)c1OC. The first-order valence-electron chi connectivity index (χ1n) is 7.41. The van der Waals surface area contributed by atoms with Gasteiger partial charge in [-0.3, -0.25) is 0 Å². The van der Waals surface area contributed by atoms with Crippen LogP contribution in [-0.2, 0) is 4.79 Å². The molecular formula is C18H14ClNO5S. The van der Waals surface area contributed by atoms with E-state index in [1.54, 1.807) is 24.3 Å². The number of benzene rings is 2. The molecule has 6 nitrogen and oxygen atoms in total. The number of oxazole rings is 1. The average molecular weight is 392 g/mol. The molecule has 0 fully saturated rings. The van der Waals surface area contributed by atoms with Crippen LogP contribution in [0.4, 0.5) is 0 Å². The van der Waals surface area contributed by atoms with E-state index in [2.05, 4.69) is 4.98 Å². The molecular weight excluding hydrogens is 378 g/mol. The quantitative estimate of drug-likeness (QED) is 0.481. The van der Waals surface area contributed by atoms with E-state index in [0.29, 0.717) is 33.2 Å². The molecule has 8 heteroatoms. The average Bonchev–Trinajstić information content (AvgIpc) is 3.03. The third kappa shape index (κ3) is 3.79. The van der Waals surface area contributed by atoms with Crippen molar-refractivity contribution in [1.82, 2.24) is 4.98 Å². The lowest BCUT2D eigenvalue weighted by atomic mass is 10.2. The topological polar surface area (TPSA) is 81.8 Å². The number of hydrogen-bond donors (Lipinski definition) is 1. The Morgan fingerprint density at radius 2 is 2.04 bits per heavy atom. The summed E-state index contributed by atoms with van der Waals surface area (Å²) in [7, 11) is 2.96. The van der Waals surface area contributed by atoms with Gasteiger partial charge < -0.3 is 19.0 Å². The van der Waals surface area contributed by atoms with Crippen LogP contribution in [0.2, 0.25) is 5.02 Å². The van der Waals surface area contributed by atoms with Gasteiger partial charge in [-0.05, 0) is 47.7 Å². The summed E-state index contributed by atoms with van der Waals surface area (Å²) < 4.78 is 16.0. The number of hydrogen-bond acceptors (Lipinski definition) is 6. The Labute approximate surface area is 158 Å². The van der Waals surface area contributed by atoms with Crippen molar-refractivity contribution in [3.8, 4) is 11.5 Å². The fraction of sp³-hybridized carbons (Fsp3) is 0.111. The molecule has 0 amide bonds. The van der Waals surface area contributed by atoms with Gasteiger partial charge in [-0.2, -0.15) is 0 Å². The number of aliphatic carboxylic acids is 1. The Morgan fingerprint density at radius 1 is 1.27 bits per heavy atom. The van der Waals surface area contributed by atoms with Crippen molar-refractivity contribution in [3.05, 3.63) is 51.9 Å². The van der Waals surface area contributed by atoms with Gasteiger partial charge in [-0.25, -0.2) is 9.78 Å². The van der Waals surface area contributed by atoms with E-state index in [9.17, 15) is 9.90 Å². The molecule has 134 valence electrons. The Bertz CT molecular complexity index is 965. The molecule has 3 rings (SSSR count). The molecule has 1 heterocycles. The van der Waals surface area contributed by atoms with Crippen molar-refractivity contribution in [3.63, 3.8) is 0 Å². The van der Waals surface area contributed by atoms with Gasteiger partial charge in [0.05, 0.1) is 19.2 Å². The number of thioether (sulfide) groups is 1. The maximum atomic E-state index is 11.6. The summed E-state index contributed by atoms with van der Waals surface area (Å²) in [5, 5.41) is 10.1. The molecule has 0 aliphatic heterocycles. The van der Waals surface area contributed by atoms with Gasteiger partial charge in [0, 0.05) is 0 Å². The normalized spacial score (nSPS) is 11.6. The Hall–Kier alpha value is -2.64. The van der Waals surface area contributed by atoms with E-state index in [1.807, 2.05) is 12.1 Å². The van der Waals surface area contributed by atoms with E-state index < -0.39 is 5.97 Å². The molecule has 0 aliphatic rings. The third-order valence-electron chi connectivity index (χ3n) is 3.44. The van der Waals surface area contributed by atoms with Crippen LogP contribution >= 0.6 is 23.4 Å². The number of halogens is 1.